The first-order chi connectivity index (χ1) is 31.2. The second kappa shape index (κ2) is 13.4. The zero-order valence-corrected chi connectivity index (χ0v) is 35.2. The number of fused-ring (bicyclic) bond motifs is 9. The number of aromatic nitrogens is 4. The maximum atomic E-state index is 5.54. The number of para-hydroxylation sites is 2. The molecule has 0 fully saturated rings. The Labute approximate surface area is 369 Å². The van der Waals surface area contributed by atoms with E-state index in [1.807, 2.05) is 22.7 Å². The third kappa shape index (κ3) is 5.23. The number of thiophene rings is 2. The van der Waals surface area contributed by atoms with Crippen LogP contribution in [-0.2, 0) is 0 Å². The Hall–Kier alpha value is -7.77. The van der Waals surface area contributed by atoms with Crippen LogP contribution in [0.4, 0.5) is 0 Å². The van der Waals surface area contributed by atoms with Gasteiger partial charge in [0.25, 0.3) is 0 Å². The predicted octanol–water partition coefficient (Wildman–Crippen LogP) is 16.1. The van der Waals surface area contributed by atoms with Crippen LogP contribution in [0.2, 0.25) is 0 Å². The molecule has 0 aliphatic rings. The Morgan fingerprint density at radius 2 is 0.873 bits per heavy atom. The number of nitrogens with zero attached hydrogens (tertiary/aromatic N) is 4. The van der Waals surface area contributed by atoms with Gasteiger partial charge in [0.05, 0.1) is 16.6 Å². The van der Waals surface area contributed by atoms with Gasteiger partial charge in [-0.2, -0.15) is 0 Å². The lowest BCUT2D eigenvalue weighted by Crippen LogP contribution is -2.01. The largest absolute Gasteiger partial charge is 0.308 e. The van der Waals surface area contributed by atoms with Gasteiger partial charge in [-0.25, -0.2) is 15.0 Å². The lowest BCUT2D eigenvalue weighted by Gasteiger charge is -2.13. The van der Waals surface area contributed by atoms with Crippen molar-refractivity contribution >= 4 is 101 Å². The highest BCUT2D eigenvalue weighted by atomic mass is 32.1. The van der Waals surface area contributed by atoms with Gasteiger partial charge in [-0.1, -0.05) is 140 Å². The number of benzene rings is 9. The van der Waals surface area contributed by atoms with Gasteiger partial charge in [0.15, 0.2) is 17.5 Å². The molecule has 5 aromatic heterocycles. The number of hydrogen-bond acceptors (Lipinski definition) is 5. The molecule has 0 saturated carbocycles. The minimum absolute atomic E-state index is 0.635. The average Bonchev–Trinajstić information content (AvgIpc) is 4.01. The second-order valence-electron chi connectivity index (χ2n) is 16.3. The van der Waals surface area contributed by atoms with E-state index in [1.165, 1.54) is 78.4 Å². The van der Waals surface area contributed by atoms with E-state index in [2.05, 4.69) is 199 Å². The Balaban J connectivity index is 1.10. The maximum Gasteiger partial charge on any atom is 0.165 e. The highest BCUT2D eigenvalue weighted by Gasteiger charge is 2.25. The van der Waals surface area contributed by atoms with E-state index in [0.29, 0.717) is 17.5 Å². The molecule has 0 amide bonds. The summed E-state index contributed by atoms with van der Waals surface area (Å²) in [7, 11) is 0. The molecule has 0 radical (unpaired) electrons. The molecule has 4 nitrogen and oxygen atoms in total. The van der Waals surface area contributed by atoms with Crippen LogP contribution in [0, 0.1) is 0 Å². The molecule has 63 heavy (non-hydrogen) atoms. The average molecular weight is 837 g/mol. The molecule has 0 N–H and O–H groups in total. The van der Waals surface area contributed by atoms with E-state index in [4.69, 9.17) is 15.0 Å². The first-order valence-corrected chi connectivity index (χ1v) is 22.8. The van der Waals surface area contributed by atoms with Gasteiger partial charge < -0.3 is 4.40 Å². The van der Waals surface area contributed by atoms with Crippen molar-refractivity contribution in [2.75, 3.05) is 0 Å². The van der Waals surface area contributed by atoms with E-state index in [9.17, 15) is 0 Å². The van der Waals surface area contributed by atoms with Crippen molar-refractivity contribution in [3.63, 3.8) is 0 Å². The zero-order valence-electron chi connectivity index (χ0n) is 33.6. The standard InChI is InChI=1S/C57H32N4S2/c1-3-14-33(15-4-1)36-28-37(34-16-5-2-6-17-34)30-38(29-36)56-58-55(35-26-27-42-41-20-9-12-24-48(41)62-50(42)31-35)59-57(60-56)45-32-44-40-19-8-11-23-47(40)61-46-22-10-7-18-39(46)43-21-13-25-49-51(43)52(53(44)61)54(45)63-49/h1-32H. The van der Waals surface area contributed by atoms with Gasteiger partial charge >= 0.3 is 0 Å². The monoisotopic (exact) mass is 836 g/mol. The lowest BCUT2D eigenvalue weighted by atomic mass is 9.96. The number of rotatable bonds is 5. The second-order valence-corrected chi connectivity index (χ2v) is 18.5. The minimum Gasteiger partial charge on any atom is -0.308 e. The smallest absolute Gasteiger partial charge is 0.165 e. The molecule has 0 spiro atoms. The first kappa shape index (κ1) is 34.9. The van der Waals surface area contributed by atoms with E-state index in [1.54, 1.807) is 0 Å². The van der Waals surface area contributed by atoms with Crippen molar-refractivity contribution in [3.8, 4) is 56.4 Å². The minimum atomic E-state index is 0.635. The SMILES string of the molecule is c1ccc(-c2cc(-c3ccccc3)cc(-c3nc(-c4ccc5c(c4)sc4ccccc45)nc(-c4cc5c6ccccc6n6c7ccccc7c7cccc8sc4c(c87)c56)n3)c2)cc1. The van der Waals surface area contributed by atoms with Crippen molar-refractivity contribution in [2.45, 2.75) is 0 Å². The summed E-state index contributed by atoms with van der Waals surface area (Å²) in [5.41, 5.74) is 11.0. The Bertz CT molecular complexity index is 4090. The maximum absolute atomic E-state index is 5.54. The van der Waals surface area contributed by atoms with E-state index >= 15 is 0 Å². The fourth-order valence-electron chi connectivity index (χ4n) is 9.94. The Morgan fingerprint density at radius 1 is 0.317 bits per heavy atom. The summed E-state index contributed by atoms with van der Waals surface area (Å²) in [6.45, 7) is 0. The predicted molar refractivity (Wildman–Crippen MR) is 267 cm³/mol. The molecule has 292 valence electrons. The summed E-state index contributed by atoms with van der Waals surface area (Å²) in [6, 6.07) is 70.0. The third-order valence-corrected chi connectivity index (χ3v) is 15.1. The third-order valence-electron chi connectivity index (χ3n) is 12.8. The molecule has 5 heterocycles. The zero-order chi connectivity index (χ0) is 41.2. The van der Waals surface area contributed by atoms with E-state index < -0.39 is 0 Å². The Kier molecular flexibility index (Phi) is 7.40. The molecule has 0 bridgehead atoms. The van der Waals surface area contributed by atoms with Gasteiger partial charge in [-0.3, -0.25) is 0 Å². The van der Waals surface area contributed by atoms with Crippen molar-refractivity contribution in [1.29, 1.82) is 0 Å². The molecule has 0 aliphatic heterocycles. The van der Waals surface area contributed by atoms with E-state index in [-0.39, 0.29) is 0 Å². The van der Waals surface area contributed by atoms with Gasteiger partial charge in [-0.05, 0) is 82.2 Å². The molecule has 0 atom stereocenters. The van der Waals surface area contributed by atoms with Crippen LogP contribution in [0.3, 0.4) is 0 Å². The van der Waals surface area contributed by atoms with Crippen LogP contribution in [0.5, 0.6) is 0 Å². The summed E-state index contributed by atoms with van der Waals surface area (Å²) in [5, 5.41) is 9.92. The molecular formula is C57H32N4S2. The molecule has 14 rings (SSSR count). The highest BCUT2D eigenvalue weighted by Crippen LogP contribution is 2.50. The molecule has 6 heteroatoms. The molecular weight excluding hydrogens is 805 g/mol. The highest BCUT2D eigenvalue weighted by molar-refractivity contribution is 7.27. The molecule has 0 unspecified atom stereocenters. The van der Waals surface area contributed by atoms with Gasteiger partial charge in [-0.15, -0.1) is 22.7 Å². The summed E-state index contributed by atoms with van der Waals surface area (Å²) in [4.78, 5) is 16.4. The first-order valence-electron chi connectivity index (χ1n) is 21.2. The van der Waals surface area contributed by atoms with Crippen LogP contribution in [0.15, 0.2) is 194 Å². The van der Waals surface area contributed by atoms with Crippen LogP contribution in [0.25, 0.3) is 135 Å². The topological polar surface area (TPSA) is 43.1 Å². The van der Waals surface area contributed by atoms with Crippen molar-refractivity contribution in [2.24, 2.45) is 0 Å². The summed E-state index contributed by atoms with van der Waals surface area (Å²) >= 11 is 3.64. The Morgan fingerprint density at radius 3 is 1.60 bits per heavy atom. The molecule has 14 aromatic rings. The quantitative estimate of drug-likeness (QED) is 0.173. The van der Waals surface area contributed by atoms with Crippen LogP contribution >= 0.6 is 22.7 Å². The molecule has 9 aromatic carbocycles. The fraction of sp³-hybridized carbons (Fsp3) is 0. The summed E-state index contributed by atoms with van der Waals surface area (Å²) in [6.07, 6.45) is 0. The molecule has 0 aliphatic carbocycles. The van der Waals surface area contributed by atoms with Gasteiger partial charge in [0, 0.05) is 73.2 Å². The van der Waals surface area contributed by atoms with Crippen LogP contribution in [-0.4, -0.2) is 19.4 Å². The van der Waals surface area contributed by atoms with Crippen molar-refractivity contribution in [1.82, 2.24) is 19.4 Å². The summed E-state index contributed by atoms with van der Waals surface area (Å²) < 4.78 is 7.39. The normalized spacial score (nSPS) is 12.1. The van der Waals surface area contributed by atoms with Crippen molar-refractivity contribution in [3.05, 3.63) is 194 Å². The van der Waals surface area contributed by atoms with Crippen LogP contribution in [0.1, 0.15) is 0 Å². The molecule has 0 saturated heterocycles. The van der Waals surface area contributed by atoms with Crippen LogP contribution < -0.4 is 0 Å². The van der Waals surface area contributed by atoms with Gasteiger partial charge in [0.2, 0.25) is 0 Å². The number of hydrogen-bond donors (Lipinski definition) is 0. The summed E-state index contributed by atoms with van der Waals surface area (Å²) in [5.74, 6) is 1.94. The van der Waals surface area contributed by atoms with Gasteiger partial charge in [0.1, 0.15) is 0 Å². The van der Waals surface area contributed by atoms with Crippen molar-refractivity contribution < 1.29 is 0 Å². The van der Waals surface area contributed by atoms with E-state index in [0.717, 1.165) is 38.9 Å². The lowest BCUT2D eigenvalue weighted by molar-refractivity contribution is 1.08. The fourth-order valence-corrected chi connectivity index (χ4v) is 12.3.